The molecule has 1 atom stereocenters. The fourth-order valence-corrected chi connectivity index (χ4v) is 2.50. The van der Waals surface area contributed by atoms with Crippen LogP contribution in [0, 0.1) is 0 Å². The maximum Gasteiger partial charge on any atom is 0.260 e. The predicted octanol–water partition coefficient (Wildman–Crippen LogP) is 3.13. The predicted molar refractivity (Wildman–Crippen MR) is 72.3 cm³/mol. The van der Waals surface area contributed by atoms with Crippen LogP contribution in [0.3, 0.4) is 0 Å². The molecule has 1 saturated heterocycles. The summed E-state index contributed by atoms with van der Waals surface area (Å²) in [5, 5.41) is 4.80. The van der Waals surface area contributed by atoms with Gasteiger partial charge in [0.05, 0.1) is 22.9 Å². The van der Waals surface area contributed by atoms with E-state index in [2.05, 4.69) is 10.1 Å². The molecule has 1 aromatic heterocycles. The van der Waals surface area contributed by atoms with Crippen molar-refractivity contribution in [1.82, 2.24) is 10.1 Å². The second-order valence-corrected chi connectivity index (χ2v) is 5.21. The SMILES string of the molecule is Nc1c(Cl)cc(Cl)cc1-c1nc(C2CCOC2)no1. The molecule has 1 unspecified atom stereocenters. The van der Waals surface area contributed by atoms with Crippen LogP contribution in [0.25, 0.3) is 11.5 Å². The Balaban J connectivity index is 1.98. The Morgan fingerprint density at radius 3 is 2.89 bits per heavy atom. The minimum absolute atomic E-state index is 0.174. The van der Waals surface area contributed by atoms with Crippen LogP contribution < -0.4 is 5.73 Å². The van der Waals surface area contributed by atoms with Gasteiger partial charge in [0.1, 0.15) is 0 Å². The Bertz CT molecular complexity index is 609. The van der Waals surface area contributed by atoms with Crippen LogP contribution in [0.2, 0.25) is 10.0 Å². The van der Waals surface area contributed by atoms with Gasteiger partial charge in [0, 0.05) is 17.5 Å². The van der Waals surface area contributed by atoms with Crippen LogP contribution in [-0.2, 0) is 4.74 Å². The molecule has 0 amide bonds. The normalized spacial score (nSPS) is 18.9. The second kappa shape index (κ2) is 5.00. The van der Waals surface area contributed by atoms with Gasteiger partial charge in [-0.1, -0.05) is 28.4 Å². The third kappa shape index (κ3) is 2.41. The number of halogens is 2. The summed E-state index contributed by atoms with van der Waals surface area (Å²) in [5.41, 5.74) is 6.83. The highest BCUT2D eigenvalue weighted by atomic mass is 35.5. The van der Waals surface area contributed by atoms with Crippen molar-refractivity contribution in [3.8, 4) is 11.5 Å². The van der Waals surface area contributed by atoms with Gasteiger partial charge >= 0.3 is 0 Å². The van der Waals surface area contributed by atoms with E-state index in [0.29, 0.717) is 39.6 Å². The minimum atomic E-state index is 0.174. The number of hydrogen-bond acceptors (Lipinski definition) is 5. The highest BCUT2D eigenvalue weighted by Crippen LogP contribution is 2.35. The summed E-state index contributed by atoms with van der Waals surface area (Å²) in [6.45, 7) is 1.34. The lowest BCUT2D eigenvalue weighted by Gasteiger charge is -2.03. The standard InChI is InChI=1S/C12H11Cl2N3O2/c13-7-3-8(10(15)9(14)4-7)12-16-11(17-19-12)6-1-2-18-5-6/h3-4,6H,1-2,5,15H2. The molecular formula is C12H11Cl2N3O2. The maximum atomic E-state index is 5.98. The molecule has 1 aromatic carbocycles. The van der Waals surface area contributed by atoms with Crippen molar-refractivity contribution < 1.29 is 9.26 Å². The van der Waals surface area contributed by atoms with Crippen molar-refractivity contribution in [2.24, 2.45) is 0 Å². The molecule has 7 heteroatoms. The molecule has 2 heterocycles. The highest BCUT2D eigenvalue weighted by molar-refractivity contribution is 6.37. The summed E-state index contributed by atoms with van der Waals surface area (Å²) in [7, 11) is 0. The lowest BCUT2D eigenvalue weighted by Crippen LogP contribution is -1.99. The van der Waals surface area contributed by atoms with Gasteiger partial charge in [-0.15, -0.1) is 0 Å². The monoisotopic (exact) mass is 299 g/mol. The number of nitrogens with zero attached hydrogens (tertiary/aromatic N) is 2. The van der Waals surface area contributed by atoms with Gasteiger partial charge in [-0.25, -0.2) is 0 Å². The number of ether oxygens (including phenoxy) is 1. The van der Waals surface area contributed by atoms with E-state index in [-0.39, 0.29) is 5.92 Å². The molecule has 0 radical (unpaired) electrons. The Kier molecular flexibility index (Phi) is 3.35. The summed E-state index contributed by atoms with van der Waals surface area (Å²) >= 11 is 11.9. The summed E-state index contributed by atoms with van der Waals surface area (Å²) in [6, 6.07) is 3.23. The second-order valence-electron chi connectivity index (χ2n) is 4.37. The van der Waals surface area contributed by atoms with Gasteiger partial charge < -0.3 is 15.0 Å². The molecule has 19 heavy (non-hydrogen) atoms. The van der Waals surface area contributed by atoms with Crippen molar-refractivity contribution in [3.63, 3.8) is 0 Å². The van der Waals surface area contributed by atoms with E-state index in [1.165, 1.54) is 0 Å². The summed E-state index contributed by atoms with van der Waals surface area (Å²) in [5.74, 6) is 1.13. The van der Waals surface area contributed by atoms with Gasteiger partial charge in [0.15, 0.2) is 5.82 Å². The van der Waals surface area contributed by atoms with Crippen LogP contribution >= 0.6 is 23.2 Å². The maximum absolute atomic E-state index is 5.98. The lowest BCUT2D eigenvalue weighted by molar-refractivity contribution is 0.192. The van der Waals surface area contributed by atoms with E-state index in [1.807, 2.05) is 0 Å². The third-order valence-corrected chi connectivity index (χ3v) is 3.59. The van der Waals surface area contributed by atoms with Crippen molar-refractivity contribution in [1.29, 1.82) is 0 Å². The first-order valence-corrected chi connectivity index (χ1v) is 6.57. The fraction of sp³-hybridized carbons (Fsp3) is 0.333. The molecule has 2 N–H and O–H groups in total. The molecule has 0 saturated carbocycles. The van der Waals surface area contributed by atoms with Crippen molar-refractivity contribution in [3.05, 3.63) is 28.0 Å². The van der Waals surface area contributed by atoms with Crippen LogP contribution in [0.5, 0.6) is 0 Å². The molecular weight excluding hydrogens is 289 g/mol. The fourth-order valence-electron chi connectivity index (χ4n) is 2.01. The number of benzene rings is 1. The highest BCUT2D eigenvalue weighted by Gasteiger charge is 2.24. The zero-order valence-corrected chi connectivity index (χ0v) is 11.4. The number of aromatic nitrogens is 2. The third-order valence-electron chi connectivity index (χ3n) is 3.06. The first kappa shape index (κ1) is 12.7. The minimum Gasteiger partial charge on any atom is -0.397 e. The van der Waals surface area contributed by atoms with Crippen LogP contribution in [0.1, 0.15) is 18.2 Å². The van der Waals surface area contributed by atoms with Gasteiger partial charge in [-0.3, -0.25) is 0 Å². The number of anilines is 1. The molecule has 0 aliphatic carbocycles. The van der Waals surface area contributed by atoms with Crippen molar-refractivity contribution >= 4 is 28.9 Å². The smallest absolute Gasteiger partial charge is 0.260 e. The molecule has 2 aromatic rings. The first-order chi connectivity index (χ1) is 9.15. The summed E-state index contributed by atoms with van der Waals surface area (Å²) in [4.78, 5) is 4.35. The topological polar surface area (TPSA) is 74.2 Å². The van der Waals surface area contributed by atoms with Crippen LogP contribution in [-0.4, -0.2) is 23.4 Å². The first-order valence-electron chi connectivity index (χ1n) is 5.81. The van der Waals surface area contributed by atoms with Crippen LogP contribution in [0.4, 0.5) is 5.69 Å². The molecule has 1 fully saturated rings. The molecule has 1 aliphatic rings. The molecule has 100 valence electrons. The number of nitrogens with two attached hydrogens (primary N) is 1. The Morgan fingerprint density at radius 1 is 1.32 bits per heavy atom. The number of rotatable bonds is 2. The molecule has 0 bridgehead atoms. The largest absolute Gasteiger partial charge is 0.397 e. The average molecular weight is 300 g/mol. The van der Waals surface area contributed by atoms with Gasteiger partial charge in [0.25, 0.3) is 5.89 Å². The average Bonchev–Trinajstić information content (AvgIpc) is 3.03. The van der Waals surface area contributed by atoms with E-state index in [0.717, 1.165) is 13.0 Å². The van der Waals surface area contributed by atoms with E-state index >= 15 is 0 Å². The number of nitrogen functional groups attached to an aromatic ring is 1. The lowest BCUT2D eigenvalue weighted by atomic mass is 10.1. The van der Waals surface area contributed by atoms with Gasteiger partial charge in [-0.05, 0) is 18.6 Å². The van der Waals surface area contributed by atoms with Gasteiger partial charge in [-0.2, -0.15) is 4.98 Å². The molecule has 0 spiro atoms. The molecule has 3 rings (SSSR count). The summed E-state index contributed by atoms with van der Waals surface area (Å²) in [6.07, 6.45) is 0.894. The Labute approximate surface area is 119 Å². The zero-order valence-electron chi connectivity index (χ0n) is 9.90. The number of hydrogen-bond donors (Lipinski definition) is 1. The molecule has 5 nitrogen and oxygen atoms in total. The molecule has 1 aliphatic heterocycles. The van der Waals surface area contributed by atoms with Crippen molar-refractivity contribution in [2.45, 2.75) is 12.3 Å². The van der Waals surface area contributed by atoms with E-state index in [4.69, 9.17) is 38.2 Å². The van der Waals surface area contributed by atoms with Crippen molar-refractivity contribution in [2.75, 3.05) is 18.9 Å². The Morgan fingerprint density at radius 2 is 2.16 bits per heavy atom. The quantitative estimate of drug-likeness (QED) is 0.862. The Hall–Kier alpha value is -1.30. The summed E-state index contributed by atoms with van der Waals surface area (Å²) < 4.78 is 10.5. The van der Waals surface area contributed by atoms with Crippen LogP contribution in [0.15, 0.2) is 16.7 Å². The van der Waals surface area contributed by atoms with Gasteiger partial charge in [0.2, 0.25) is 0 Å². The van der Waals surface area contributed by atoms with E-state index in [9.17, 15) is 0 Å². The zero-order chi connectivity index (χ0) is 13.4. The van der Waals surface area contributed by atoms with E-state index in [1.54, 1.807) is 12.1 Å². The van der Waals surface area contributed by atoms with E-state index < -0.39 is 0 Å².